The van der Waals surface area contributed by atoms with Crippen LogP contribution in [-0.2, 0) is 0 Å². The van der Waals surface area contributed by atoms with Crippen LogP contribution >= 0.6 is 23.2 Å². The summed E-state index contributed by atoms with van der Waals surface area (Å²) >= 11 is 12.2. The number of hydrogen-bond donors (Lipinski definition) is 1. The van der Waals surface area contributed by atoms with Crippen molar-refractivity contribution in [3.05, 3.63) is 101 Å². The number of benzene rings is 3. The number of phenols is 1. The lowest BCUT2D eigenvalue weighted by Crippen LogP contribution is -1.97. The lowest BCUT2D eigenvalue weighted by atomic mass is 9.88. The van der Waals surface area contributed by atoms with Crippen LogP contribution in [0.15, 0.2) is 78.9 Å². The summed E-state index contributed by atoms with van der Waals surface area (Å²) < 4.78 is 0. The molecule has 0 fully saturated rings. The van der Waals surface area contributed by atoms with Gasteiger partial charge in [-0.25, -0.2) is 0 Å². The van der Waals surface area contributed by atoms with Gasteiger partial charge in [-0.2, -0.15) is 0 Å². The van der Waals surface area contributed by atoms with Gasteiger partial charge < -0.3 is 5.11 Å². The smallest absolute Gasteiger partial charge is 0.123 e. The van der Waals surface area contributed by atoms with Gasteiger partial charge in [0.05, 0.1) is 0 Å². The molecule has 0 amide bonds. The van der Waals surface area contributed by atoms with Crippen molar-refractivity contribution in [3.8, 4) is 5.75 Å². The topological polar surface area (TPSA) is 20.2 Å². The standard InChI is InChI=1S/C22H18Cl2O/c23-15-14-19(16-10-12-18(24)13-11-16)22(17-6-2-1-3-7-17)20-8-4-5-9-21(20)25/h1-13,25H,14-15H2/b22-19-. The van der Waals surface area contributed by atoms with E-state index in [0.29, 0.717) is 17.3 Å². The molecule has 0 saturated carbocycles. The van der Waals surface area contributed by atoms with Gasteiger partial charge >= 0.3 is 0 Å². The van der Waals surface area contributed by atoms with Crippen molar-refractivity contribution in [1.82, 2.24) is 0 Å². The molecule has 0 spiro atoms. The SMILES string of the molecule is Oc1ccccc1/C(=C(/CCCl)c1ccc(Cl)cc1)c1ccccc1. The zero-order chi connectivity index (χ0) is 17.6. The monoisotopic (exact) mass is 368 g/mol. The van der Waals surface area contributed by atoms with Crippen LogP contribution in [0.3, 0.4) is 0 Å². The molecule has 0 aliphatic heterocycles. The van der Waals surface area contributed by atoms with Crippen LogP contribution < -0.4 is 0 Å². The lowest BCUT2D eigenvalue weighted by molar-refractivity contribution is 0.473. The van der Waals surface area contributed by atoms with E-state index in [9.17, 15) is 5.11 Å². The normalized spacial score (nSPS) is 11.9. The van der Waals surface area contributed by atoms with Crippen LogP contribution in [0.4, 0.5) is 0 Å². The van der Waals surface area contributed by atoms with Crippen LogP contribution in [0.1, 0.15) is 23.1 Å². The highest BCUT2D eigenvalue weighted by Gasteiger charge is 2.16. The molecule has 0 heterocycles. The second kappa shape index (κ2) is 8.24. The third-order valence-electron chi connectivity index (χ3n) is 4.07. The molecule has 0 saturated heterocycles. The first kappa shape index (κ1) is 17.6. The zero-order valence-electron chi connectivity index (χ0n) is 13.6. The summed E-state index contributed by atoms with van der Waals surface area (Å²) in [5, 5.41) is 11.2. The molecule has 3 aromatic carbocycles. The average Bonchev–Trinajstić information content (AvgIpc) is 2.64. The fourth-order valence-electron chi connectivity index (χ4n) is 2.94. The van der Waals surface area contributed by atoms with E-state index in [1.54, 1.807) is 6.07 Å². The van der Waals surface area contributed by atoms with E-state index in [-0.39, 0.29) is 5.75 Å². The van der Waals surface area contributed by atoms with E-state index in [2.05, 4.69) is 0 Å². The second-order valence-electron chi connectivity index (χ2n) is 5.68. The minimum atomic E-state index is 0.252. The van der Waals surface area contributed by atoms with Crippen molar-refractivity contribution >= 4 is 34.3 Å². The first-order valence-electron chi connectivity index (χ1n) is 8.09. The number of rotatable bonds is 5. The molecule has 0 radical (unpaired) electrons. The molecule has 0 aliphatic carbocycles. The third-order valence-corrected chi connectivity index (χ3v) is 4.52. The summed E-state index contributed by atoms with van der Waals surface area (Å²) in [4.78, 5) is 0. The Morgan fingerprint density at radius 1 is 0.760 bits per heavy atom. The maximum atomic E-state index is 10.5. The Bertz CT molecular complexity index is 868. The number of phenolic OH excluding ortho intramolecular Hbond substituents is 1. The molecule has 0 unspecified atom stereocenters. The summed E-state index contributed by atoms with van der Waals surface area (Å²) in [6.45, 7) is 0. The first-order chi connectivity index (χ1) is 12.2. The molecular weight excluding hydrogens is 351 g/mol. The number of hydrogen-bond acceptors (Lipinski definition) is 1. The zero-order valence-corrected chi connectivity index (χ0v) is 15.1. The van der Waals surface area contributed by atoms with Crippen molar-refractivity contribution < 1.29 is 5.11 Å². The van der Waals surface area contributed by atoms with Crippen LogP contribution in [0.2, 0.25) is 5.02 Å². The summed E-state index contributed by atoms with van der Waals surface area (Å²) in [6.07, 6.45) is 0.682. The number of aromatic hydroxyl groups is 1. The van der Waals surface area contributed by atoms with E-state index in [0.717, 1.165) is 27.8 Å². The molecule has 126 valence electrons. The van der Waals surface area contributed by atoms with E-state index in [1.165, 1.54) is 0 Å². The van der Waals surface area contributed by atoms with E-state index in [4.69, 9.17) is 23.2 Å². The Balaban J connectivity index is 2.31. The second-order valence-corrected chi connectivity index (χ2v) is 6.50. The summed E-state index contributed by atoms with van der Waals surface area (Å²) in [5.41, 5.74) is 4.95. The van der Waals surface area contributed by atoms with E-state index in [1.807, 2.05) is 72.8 Å². The van der Waals surface area contributed by atoms with Crippen molar-refractivity contribution in [2.24, 2.45) is 0 Å². The number of para-hydroxylation sites is 1. The third kappa shape index (κ3) is 4.07. The Hall–Kier alpha value is -2.22. The minimum Gasteiger partial charge on any atom is -0.507 e. The number of allylic oxidation sites excluding steroid dienone is 1. The van der Waals surface area contributed by atoms with Crippen LogP contribution in [0, 0.1) is 0 Å². The molecule has 0 bridgehead atoms. The molecule has 1 N–H and O–H groups in total. The minimum absolute atomic E-state index is 0.252. The van der Waals surface area contributed by atoms with Gasteiger partial charge in [-0.3, -0.25) is 0 Å². The van der Waals surface area contributed by atoms with Crippen molar-refractivity contribution in [1.29, 1.82) is 0 Å². The fourth-order valence-corrected chi connectivity index (χ4v) is 3.26. The van der Waals surface area contributed by atoms with Crippen LogP contribution in [-0.4, -0.2) is 11.0 Å². The van der Waals surface area contributed by atoms with Gasteiger partial charge in [-0.1, -0.05) is 72.3 Å². The Morgan fingerprint density at radius 3 is 2.04 bits per heavy atom. The highest BCUT2D eigenvalue weighted by molar-refractivity contribution is 6.30. The number of halogens is 2. The van der Waals surface area contributed by atoms with Crippen molar-refractivity contribution in [2.75, 3.05) is 5.88 Å². The maximum Gasteiger partial charge on any atom is 0.123 e. The van der Waals surface area contributed by atoms with Crippen LogP contribution in [0.25, 0.3) is 11.1 Å². The summed E-state index contributed by atoms with van der Waals surface area (Å²) in [5.74, 6) is 0.740. The quantitative estimate of drug-likeness (QED) is 0.395. The molecule has 3 rings (SSSR count). The van der Waals surface area contributed by atoms with Crippen molar-refractivity contribution in [3.63, 3.8) is 0 Å². The molecule has 3 heteroatoms. The van der Waals surface area contributed by atoms with E-state index >= 15 is 0 Å². The molecule has 0 aromatic heterocycles. The fraction of sp³-hybridized carbons (Fsp3) is 0.0909. The first-order valence-corrected chi connectivity index (χ1v) is 9.01. The molecule has 25 heavy (non-hydrogen) atoms. The largest absolute Gasteiger partial charge is 0.507 e. The molecule has 0 aliphatic rings. The van der Waals surface area contributed by atoms with Gasteiger partial charge in [-0.05, 0) is 46.9 Å². The maximum absolute atomic E-state index is 10.5. The molecule has 1 nitrogen and oxygen atoms in total. The predicted octanol–water partition coefficient (Wildman–Crippen LogP) is 6.63. The highest BCUT2D eigenvalue weighted by Crippen LogP contribution is 2.38. The van der Waals surface area contributed by atoms with Gasteiger partial charge in [0.2, 0.25) is 0 Å². The van der Waals surface area contributed by atoms with Gasteiger partial charge in [-0.15, -0.1) is 11.6 Å². The van der Waals surface area contributed by atoms with Gasteiger partial charge in [0.15, 0.2) is 0 Å². The average molecular weight is 369 g/mol. The van der Waals surface area contributed by atoms with Gasteiger partial charge in [0.25, 0.3) is 0 Å². The number of alkyl halides is 1. The summed E-state index contributed by atoms with van der Waals surface area (Å²) in [6, 6.07) is 25.2. The van der Waals surface area contributed by atoms with Crippen molar-refractivity contribution in [2.45, 2.75) is 6.42 Å². The lowest BCUT2D eigenvalue weighted by Gasteiger charge is -2.17. The van der Waals surface area contributed by atoms with Crippen LogP contribution in [0.5, 0.6) is 5.75 Å². The molecular formula is C22H18Cl2O. The highest BCUT2D eigenvalue weighted by atomic mass is 35.5. The predicted molar refractivity (Wildman–Crippen MR) is 107 cm³/mol. The Kier molecular flexibility index (Phi) is 5.80. The van der Waals surface area contributed by atoms with E-state index < -0.39 is 0 Å². The molecule has 0 atom stereocenters. The van der Waals surface area contributed by atoms with Gasteiger partial charge in [0, 0.05) is 16.5 Å². The van der Waals surface area contributed by atoms with Gasteiger partial charge in [0.1, 0.15) is 5.75 Å². The Morgan fingerprint density at radius 2 is 1.40 bits per heavy atom. The Labute approximate surface area is 158 Å². The molecule has 3 aromatic rings. The summed E-state index contributed by atoms with van der Waals surface area (Å²) in [7, 11) is 0.